The highest BCUT2D eigenvalue weighted by Crippen LogP contribution is 2.26. The highest BCUT2D eigenvalue weighted by atomic mass is 35.8. The Hall–Kier alpha value is 0.487. The van der Waals surface area contributed by atoms with E-state index in [0.717, 1.165) is 6.42 Å². The quantitative estimate of drug-likeness (QED) is 0.143. The standard InChI is InChI=1S/C15H23Cl3O5S2Si/c16-26(17,18)13-3-7-21-9-11-23-12-10-22-8-6-14-4-1-2-5-15(14)25(19,20)24/h1-2,4-5H,3,6-13H2,(H,19,20,24). The Labute approximate surface area is 175 Å². The maximum atomic E-state index is 11.6. The van der Waals surface area contributed by atoms with Gasteiger partial charge >= 0.3 is 6.00 Å². The van der Waals surface area contributed by atoms with Crippen LogP contribution in [0.15, 0.2) is 29.2 Å². The molecule has 0 saturated carbocycles. The van der Waals surface area contributed by atoms with Crippen molar-refractivity contribution in [3.05, 3.63) is 29.8 Å². The monoisotopic (exact) mass is 480 g/mol. The molecule has 0 atom stereocenters. The third-order valence-corrected chi connectivity index (χ3v) is 7.42. The largest absolute Gasteiger partial charge is 0.379 e. The molecule has 0 N–H and O–H groups in total. The molecular formula is C15H23Cl3O5S2Si. The minimum Gasteiger partial charge on any atom is -0.379 e. The number of rotatable bonds is 14. The van der Waals surface area contributed by atoms with E-state index < -0.39 is 14.9 Å². The van der Waals surface area contributed by atoms with Crippen LogP contribution in [0.1, 0.15) is 12.0 Å². The van der Waals surface area contributed by atoms with E-state index in [1.54, 1.807) is 18.2 Å². The van der Waals surface area contributed by atoms with Gasteiger partial charge in [0.1, 0.15) is 0 Å². The molecule has 0 heterocycles. The second-order valence-corrected chi connectivity index (χ2v) is 17.5. The highest BCUT2D eigenvalue weighted by molar-refractivity contribution is 8.63. The molecule has 0 fully saturated rings. The van der Waals surface area contributed by atoms with Crippen LogP contribution >= 0.6 is 44.9 Å². The first-order valence-electron chi connectivity index (χ1n) is 8.05. The lowest BCUT2D eigenvalue weighted by atomic mass is 10.2. The van der Waals surface area contributed by atoms with Crippen molar-refractivity contribution in [2.24, 2.45) is 0 Å². The van der Waals surface area contributed by atoms with Gasteiger partial charge in [0.2, 0.25) is 8.87 Å². The fourth-order valence-corrected chi connectivity index (χ4v) is 5.09. The molecular weight excluding hydrogens is 459 g/mol. The Bertz CT molecular complexity index is 626. The van der Waals surface area contributed by atoms with Crippen molar-refractivity contribution in [1.29, 1.82) is 0 Å². The molecule has 0 aliphatic heterocycles. The number of ether oxygens (including phenoxy) is 3. The first kappa shape index (κ1) is 24.5. The lowest BCUT2D eigenvalue weighted by Gasteiger charge is -2.09. The van der Waals surface area contributed by atoms with Crippen molar-refractivity contribution in [3.63, 3.8) is 0 Å². The highest BCUT2D eigenvalue weighted by Gasteiger charge is 2.23. The topological polar surface area (TPSA) is 61.8 Å². The molecule has 1 aromatic rings. The SMILES string of the molecule is O=S(=O)(S)c1ccccc1CCOCCOCCOCCC[Si](Cl)(Cl)Cl. The van der Waals surface area contributed by atoms with E-state index in [1.807, 2.05) is 0 Å². The summed E-state index contributed by atoms with van der Waals surface area (Å²) in [6.45, 7) is 2.77. The molecule has 0 amide bonds. The second-order valence-electron chi connectivity index (χ2n) is 5.39. The van der Waals surface area contributed by atoms with Crippen LogP contribution in [0.25, 0.3) is 0 Å². The zero-order valence-electron chi connectivity index (χ0n) is 14.2. The Morgan fingerprint density at radius 3 is 2.00 bits per heavy atom. The van der Waals surface area contributed by atoms with Gasteiger partial charge in [-0.1, -0.05) is 18.2 Å². The van der Waals surface area contributed by atoms with Gasteiger partial charge in [-0.15, -0.1) is 33.2 Å². The minimum atomic E-state index is -3.53. The second kappa shape index (κ2) is 12.8. The smallest absolute Gasteiger partial charge is 0.341 e. The van der Waals surface area contributed by atoms with E-state index in [1.165, 1.54) is 6.07 Å². The average Bonchev–Trinajstić information content (AvgIpc) is 2.54. The van der Waals surface area contributed by atoms with E-state index in [9.17, 15) is 8.42 Å². The van der Waals surface area contributed by atoms with Gasteiger partial charge in [0.15, 0.2) is 0 Å². The lowest BCUT2D eigenvalue weighted by Crippen LogP contribution is -2.13. The average molecular weight is 482 g/mol. The Morgan fingerprint density at radius 2 is 1.42 bits per heavy atom. The molecule has 5 nitrogen and oxygen atoms in total. The fraction of sp³-hybridized carbons (Fsp3) is 0.600. The Balaban J connectivity index is 2.02. The van der Waals surface area contributed by atoms with Crippen LogP contribution in [0.2, 0.25) is 6.04 Å². The van der Waals surface area contributed by atoms with Crippen molar-refractivity contribution >= 4 is 59.8 Å². The molecule has 0 aliphatic carbocycles. The number of thiol groups is 1. The van der Waals surface area contributed by atoms with Gasteiger partial charge in [-0.25, -0.2) is 8.42 Å². The maximum Gasteiger partial charge on any atom is 0.341 e. The van der Waals surface area contributed by atoms with Gasteiger partial charge < -0.3 is 14.2 Å². The Morgan fingerprint density at radius 1 is 0.885 bits per heavy atom. The zero-order chi connectivity index (χ0) is 19.5. The van der Waals surface area contributed by atoms with Crippen LogP contribution in [0.3, 0.4) is 0 Å². The summed E-state index contributed by atoms with van der Waals surface area (Å²) in [5.74, 6) is 0. The summed E-state index contributed by atoms with van der Waals surface area (Å²) in [5.41, 5.74) is 0.690. The normalized spacial score (nSPS) is 12.5. The van der Waals surface area contributed by atoms with Crippen molar-refractivity contribution in [3.8, 4) is 0 Å². The Kier molecular flexibility index (Phi) is 12.1. The summed E-state index contributed by atoms with van der Waals surface area (Å²) in [6.07, 6.45) is 1.22. The molecule has 11 heteroatoms. The van der Waals surface area contributed by atoms with Gasteiger partial charge in [0.25, 0.3) is 0 Å². The summed E-state index contributed by atoms with van der Waals surface area (Å²) >= 11 is 20.9. The first-order chi connectivity index (χ1) is 12.2. The van der Waals surface area contributed by atoms with Crippen molar-refractivity contribution in [1.82, 2.24) is 0 Å². The predicted octanol–water partition coefficient (Wildman–Crippen LogP) is 3.94. The van der Waals surface area contributed by atoms with Crippen LogP contribution in [-0.2, 0) is 29.5 Å². The maximum absolute atomic E-state index is 11.6. The minimum absolute atomic E-state index is 0.220. The van der Waals surface area contributed by atoms with E-state index in [-0.39, 0.29) is 4.90 Å². The van der Waals surface area contributed by atoms with E-state index in [4.69, 9.17) is 47.4 Å². The third kappa shape index (κ3) is 12.0. The summed E-state index contributed by atoms with van der Waals surface area (Å²) in [7, 11) is -3.53. The molecule has 0 aromatic heterocycles. The molecule has 0 radical (unpaired) electrons. The van der Waals surface area contributed by atoms with Gasteiger partial charge in [-0.05, 0) is 42.2 Å². The molecule has 26 heavy (non-hydrogen) atoms. The van der Waals surface area contributed by atoms with Crippen LogP contribution in [-0.4, -0.2) is 54.1 Å². The number of benzene rings is 1. The molecule has 0 saturated heterocycles. The number of hydrogen-bond acceptors (Lipinski definition) is 5. The number of halogens is 3. The lowest BCUT2D eigenvalue weighted by molar-refractivity contribution is 0.0151. The molecule has 0 spiro atoms. The number of hydrogen-bond donors (Lipinski definition) is 1. The summed E-state index contributed by atoms with van der Waals surface area (Å²) < 4.78 is 39.4. The molecule has 0 unspecified atom stereocenters. The van der Waals surface area contributed by atoms with Crippen molar-refractivity contribution in [2.45, 2.75) is 23.8 Å². The summed E-state index contributed by atoms with van der Waals surface area (Å²) in [5, 5.41) is 0. The van der Waals surface area contributed by atoms with Gasteiger partial charge in [-0.3, -0.25) is 0 Å². The summed E-state index contributed by atoms with van der Waals surface area (Å²) in [6, 6.07) is 4.80. The van der Waals surface area contributed by atoms with Crippen LogP contribution in [0, 0.1) is 0 Å². The van der Waals surface area contributed by atoms with Gasteiger partial charge in [0.05, 0.1) is 37.9 Å². The fourth-order valence-electron chi connectivity index (χ4n) is 2.06. The molecule has 1 aromatic carbocycles. The van der Waals surface area contributed by atoms with Crippen LogP contribution in [0.5, 0.6) is 0 Å². The van der Waals surface area contributed by atoms with Crippen LogP contribution < -0.4 is 0 Å². The van der Waals surface area contributed by atoms with Gasteiger partial charge in [-0.2, -0.15) is 0 Å². The van der Waals surface area contributed by atoms with E-state index >= 15 is 0 Å². The third-order valence-electron chi connectivity index (χ3n) is 3.26. The van der Waals surface area contributed by atoms with Crippen molar-refractivity contribution in [2.75, 3.05) is 39.6 Å². The molecule has 0 bridgehead atoms. The zero-order valence-corrected chi connectivity index (χ0v) is 19.2. The van der Waals surface area contributed by atoms with Crippen LogP contribution in [0.4, 0.5) is 0 Å². The summed E-state index contributed by atoms with van der Waals surface area (Å²) in [4.78, 5) is 0.220. The van der Waals surface area contributed by atoms with Gasteiger partial charge in [0, 0.05) is 6.61 Å². The van der Waals surface area contributed by atoms with Crippen molar-refractivity contribution < 1.29 is 22.6 Å². The molecule has 150 valence electrons. The predicted molar refractivity (Wildman–Crippen MR) is 112 cm³/mol. The van der Waals surface area contributed by atoms with E-state index in [0.29, 0.717) is 57.7 Å². The molecule has 0 aliphatic rings. The van der Waals surface area contributed by atoms with E-state index in [2.05, 4.69) is 11.7 Å². The first-order valence-corrected chi connectivity index (χ1v) is 15.8. The molecule has 1 rings (SSSR count).